The lowest BCUT2D eigenvalue weighted by atomic mass is 10.2. The third-order valence-electron chi connectivity index (χ3n) is 1.65. The summed E-state index contributed by atoms with van der Waals surface area (Å²) in [5.74, 6) is -0.867. The molecule has 0 spiro atoms. The van der Waals surface area contributed by atoms with Crippen molar-refractivity contribution in [1.82, 2.24) is 0 Å². The molecule has 82 valence electrons. The van der Waals surface area contributed by atoms with Gasteiger partial charge in [0.2, 0.25) is 0 Å². The van der Waals surface area contributed by atoms with Crippen LogP contribution in [0.5, 0.6) is 0 Å². The molecule has 0 aliphatic heterocycles. The molecule has 0 bridgehead atoms. The molecule has 0 aromatic rings. The summed E-state index contributed by atoms with van der Waals surface area (Å²) in [7, 11) is 0. The predicted octanol–water partition coefficient (Wildman–Crippen LogP) is 3.64. The Morgan fingerprint density at radius 3 is 2.43 bits per heavy atom. The molecule has 0 rings (SSSR count). The normalized spacial score (nSPS) is 12.3. The molecule has 0 saturated carbocycles. The van der Waals surface area contributed by atoms with Gasteiger partial charge < -0.3 is 0 Å². The van der Waals surface area contributed by atoms with Gasteiger partial charge in [0.15, 0.2) is 5.78 Å². The topological polar surface area (TPSA) is 17.1 Å². The Kier molecular flexibility index (Phi) is 6.25. The summed E-state index contributed by atoms with van der Waals surface area (Å²) in [5.41, 5.74) is 0. The number of alkyl halides is 3. The maximum atomic E-state index is 11.7. The number of hydrogen-bond donors (Lipinski definition) is 0. The summed E-state index contributed by atoms with van der Waals surface area (Å²) in [6, 6.07) is 0. The molecule has 0 N–H and O–H groups in total. The van der Waals surface area contributed by atoms with Crippen LogP contribution in [0.25, 0.3) is 0 Å². The number of hydrogen-bond acceptors (Lipinski definition) is 1. The van der Waals surface area contributed by atoms with Crippen LogP contribution >= 0.6 is 0 Å². The fourth-order valence-electron chi connectivity index (χ4n) is 0.983. The van der Waals surface area contributed by atoms with Crippen molar-refractivity contribution in [1.29, 1.82) is 0 Å². The maximum Gasteiger partial charge on any atom is 0.396 e. The van der Waals surface area contributed by atoms with Gasteiger partial charge in [-0.25, -0.2) is 0 Å². The number of carbonyl (C=O) groups excluding carboxylic acids is 1. The average Bonchev–Trinajstić information content (AvgIpc) is 2.00. The van der Waals surface area contributed by atoms with Crippen LogP contribution in [-0.2, 0) is 4.79 Å². The lowest BCUT2D eigenvalue weighted by Crippen LogP contribution is -2.12. The summed E-state index contributed by atoms with van der Waals surface area (Å²) in [5, 5.41) is 0. The third-order valence-corrected chi connectivity index (χ3v) is 1.65. The fourth-order valence-corrected chi connectivity index (χ4v) is 0.983. The first-order valence-electron chi connectivity index (χ1n) is 4.72. The standard InChI is InChI=1S/C10H15F3O/c1-2-3-4-5-6-7-9(14)8-10(11,12)13/h6-7H,2-5,8H2,1H3. The van der Waals surface area contributed by atoms with Gasteiger partial charge in [0.25, 0.3) is 0 Å². The summed E-state index contributed by atoms with van der Waals surface area (Å²) in [4.78, 5) is 10.7. The number of ketones is 1. The van der Waals surface area contributed by atoms with Crippen molar-refractivity contribution in [3.05, 3.63) is 12.2 Å². The molecule has 0 unspecified atom stereocenters. The van der Waals surface area contributed by atoms with Crippen LogP contribution in [0.1, 0.15) is 39.0 Å². The van der Waals surface area contributed by atoms with Crippen molar-refractivity contribution >= 4 is 5.78 Å². The van der Waals surface area contributed by atoms with Gasteiger partial charge in [-0.1, -0.05) is 25.8 Å². The SMILES string of the molecule is CCCCCC=CC(=O)CC(F)(F)F. The van der Waals surface area contributed by atoms with E-state index in [0.29, 0.717) is 6.42 Å². The van der Waals surface area contributed by atoms with Crippen molar-refractivity contribution in [3.8, 4) is 0 Å². The number of carbonyl (C=O) groups is 1. The van der Waals surface area contributed by atoms with E-state index in [0.717, 1.165) is 25.3 Å². The second-order valence-corrected chi connectivity index (χ2v) is 3.16. The lowest BCUT2D eigenvalue weighted by molar-refractivity contribution is -0.148. The molecule has 0 radical (unpaired) electrons. The van der Waals surface area contributed by atoms with Crippen LogP contribution in [0.15, 0.2) is 12.2 Å². The van der Waals surface area contributed by atoms with Crippen LogP contribution in [0.2, 0.25) is 0 Å². The van der Waals surface area contributed by atoms with E-state index < -0.39 is 18.4 Å². The van der Waals surface area contributed by atoms with Gasteiger partial charge in [0, 0.05) is 0 Å². The number of allylic oxidation sites excluding steroid dienone is 2. The molecule has 0 saturated heterocycles. The van der Waals surface area contributed by atoms with E-state index >= 15 is 0 Å². The van der Waals surface area contributed by atoms with Crippen LogP contribution in [0.4, 0.5) is 13.2 Å². The number of unbranched alkanes of at least 4 members (excludes halogenated alkanes) is 3. The highest BCUT2D eigenvalue weighted by Gasteiger charge is 2.29. The van der Waals surface area contributed by atoms with Crippen molar-refractivity contribution in [3.63, 3.8) is 0 Å². The summed E-state index contributed by atoms with van der Waals surface area (Å²) in [6.07, 6.45) is 0.515. The smallest absolute Gasteiger partial charge is 0.295 e. The van der Waals surface area contributed by atoms with Crippen LogP contribution < -0.4 is 0 Å². The molecular weight excluding hydrogens is 193 g/mol. The van der Waals surface area contributed by atoms with Crippen LogP contribution in [0, 0.1) is 0 Å². The van der Waals surface area contributed by atoms with Crippen molar-refractivity contribution in [2.24, 2.45) is 0 Å². The second-order valence-electron chi connectivity index (χ2n) is 3.16. The van der Waals surface area contributed by atoms with Crippen molar-refractivity contribution in [2.45, 2.75) is 45.2 Å². The Labute approximate surface area is 82.0 Å². The summed E-state index contributed by atoms with van der Waals surface area (Å²) >= 11 is 0. The first-order valence-corrected chi connectivity index (χ1v) is 4.72. The molecule has 0 aromatic heterocycles. The number of rotatable bonds is 6. The summed E-state index contributed by atoms with van der Waals surface area (Å²) in [6.45, 7) is 2.04. The van der Waals surface area contributed by atoms with Gasteiger partial charge in [-0.2, -0.15) is 13.2 Å². The second kappa shape index (κ2) is 6.62. The van der Waals surface area contributed by atoms with Gasteiger partial charge in [0.05, 0.1) is 0 Å². The van der Waals surface area contributed by atoms with Crippen molar-refractivity contribution < 1.29 is 18.0 Å². The van der Waals surface area contributed by atoms with E-state index in [1.54, 1.807) is 0 Å². The molecule has 14 heavy (non-hydrogen) atoms. The molecule has 0 aliphatic rings. The van der Waals surface area contributed by atoms with E-state index in [-0.39, 0.29) is 0 Å². The van der Waals surface area contributed by atoms with E-state index in [1.807, 2.05) is 6.92 Å². The minimum atomic E-state index is -4.38. The van der Waals surface area contributed by atoms with E-state index in [4.69, 9.17) is 0 Å². The minimum absolute atomic E-state index is 0.678. The van der Waals surface area contributed by atoms with Gasteiger partial charge in [-0.05, 0) is 18.9 Å². The molecule has 0 aliphatic carbocycles. The fraction of sp³-hybridized carbons (Fsp3) is 0.700. The molecule has 0 atom stereocenters. The zero-order valence-electron chi connectivity index (χ0n) is 8.23. The van der Waals surface area contributed by atoms with Gasteiger partial charge in [0.1, 0.15) is 6.42 Å². The molecule has 0 fully saturated rings. The van der Waals surface area contributed by atoms with Crippen LogP contribution in [-0.4, -0.2) is 12.0 Å². The molecule has 4 heteroatoms. The first kappa shape index (κ1) is 13.2. The van der Waals surface area contributed by atoms with Gasteiger partial charge in [-0.3, -0.25) is 4.79 Å². The van der Waals surface area contributed by atoms with Gasteiger partial charge in [-0.15, -0.1) is 0 Å². The molecule has 0 heterocycles. The first-order chi connectivity index (χ1) is 6.45. The van der Waals surface area contributed by atoms with Crippen molar-refractivity contribution in [2.75, 3.05) is 0 Å². The highest BCUT2D eigenvalue weighted by Crippen LogP contribution is 2.19. The molecule has 0 aromatic carbocycles. The average molecular weight is 208 g/mol. The molecule has 1 nitrogen and oxygen atoms in total. The van der Waals surface area contributed by atoms with Gasteiger partial charge >= 0.3 is 6.18 Å². The summed E-state index contributed by atoms with van der Waals surface area (Å²) < 4.78 is 35.0. The Morgan fingerprint density at radius 1 is 1.29 bits per heavy atom. The van der Waals surface area contributed by atoms with Crippen LogP contribution in [0.3, 0.4) is 0 Å². The highest BCUT2D eigenvalue weighted by molar-refractivity contribution is 5.90. The molecule has 0 amide bonds. The predicted molar refractivity (Wildman–Crippen MR) is 49.0 cm³/mol. The minimum Gasteiger partial charge on any atom is -0.295 e. The Bertz CT molecular complexity index is 194. The Hall–Kier alpha value is -0.800. The van der Waals surface area contributed by atoms with E-state index in [2.05, 4.69) is 0 Å². The highest BCUT2D eigenvalue weighted by atomic mass is 19.4. The monoisotopic (exact) mass is 208 g/mol. The lowest BCUT2D eigenvalue weighted by Gasteiger charge is -2.01. The maximum absolute atomic E-state index is 11.7. The molecular formula is C10H15F3O. The largest absolute Gasteiger partial charge is 0.396 e. The van der Waals surface area contributed by atoms with E-state index in [9.17, 15) is 18.0 Å². The third kappa shape index (κ3) is 9.29. The zero-order chi connectivity index (χ0) is 11.0. The zero-order valence-corrected chi connectivity index (χ0v) is 8.23. The Morgan fingerprint density at radius 2 is 1.93 bits per heavy atom. The quantitative estimate of drug-likeness (QED) is 0.481. The number of halogens is 3. The Balaban J connectivity index is 3.61. The van der Waals surface area contributed by atoms with E-state index in [1.165, 1.54) is 6.08 Å².